The fourth-order valence-corrected chi connectivity index (χ4v) is 2.92. The first-order valence-electron chi connectivity index (χ1n) is 11.7. The Balaban J connectivity index is 0.00000140. The molecule has 0 saturated heterocycles. The Hall–Kier alpha value is -2.42. The molecule has 4 N–H and O–H groups in total. The lowest BCUT2D eigenvalue weighted by atomic mass is 10.1. The minimum atomic E-state index is -1.23. The van der Waals surface area contributed by atoms with Gasteiger partial charge in [-0.1, -0.05) is 58.3 Å². The lowest BCUT2D eigenvalue weighted by molar-refractivity contribution is -0.147. The van der Waals surface area contributed by atoms with E-state index in [1.165, 1.54) is 51.9 Å². The topological polar surface area (TPSA) is 142 Å². The highest BCUT2D eigenvalue weighted by atomic mass is 16.5. The van der Waals surface area contributed by atoms with Crippen LogP contribution in [0.15, 0.2) is 12.5 Å². The highest BCUT2D eigenvalue weighted by molar-refractivity contribution is 5.84. The normalized spacial score (nSPS) is 12.2. The molecule has 2 atom stereocenters. The number of ether oxygens (including phenoxy) is 1. The number of aromatic nitrogens is 2. The third-order valence-electron chi connectivity index (χ3n) is 4.75. The third-order valence-corrected chi connectivity index (χ3v) is 4.75. The number of nitrogens with one attached hydrogen (secondary N) is 2. The molecule has 0 saturated carbocycles. The molecule has 32 heavy (non-hydrogen) atoms. The number of hydrogen-bond donors (Lipinski definition) is 4. The SMILES string of the molecule is CC(O)C(=O)O.CCCCCCCCCCCC(=O)N[C@@H](Cc1cnc[nH]1)C(=O)OCC. The molecule has 0 aliphatic heterocycles. The first-order valence-corrected chi connectivity index (χ1v) is 11.7. The number of hydrogen-bond acceptors (Lipinski definition) is 6. The molecule has 1 rings (SSSR count). The molecule has 0 aromatic carbocycles. The van der Waals surface area contributed by atoms with E-state index in [0.29, 0.717) is 19.4 Å². The number of imidazole rings is 1. The van der Waals surface area contributed by atoms with Gasteiger partial charge in [-0.3, -0.25) is 4.79 Å². The minimum Gasteiger partial charge on any atom is -0.479 e. The Kier molecular flexibility index (Phi) is 17.8. The van der Waals surface area contributed by atoms with Crippen molar-refractivity contribution in [3.8, 4) is 0 Å². The lowest BCUT2D eigenvalue weighted by Gasteiger charge is -2.16. The monoisotopic (exact) mass is 455 g/mol. The fourth-order valence-electron chi connectivity index (χ4n) is 2.92. The summed E-state index contributed by atoms with van der Waals surface area (Å²) >= 11 is 0. The maximum atomic E-state index is 12.2. The molecule has 0 fully saturated rings. The molecular weight excluding hydrogens is 414 g/mol. The first kappa shape index (κ1) is 29.6. The van der Waals surface area contributed by atoms with Crippen LogP contribution < -0.4 is 5.32 Å². The Labute approximate surface area is 191 Å². The molecule has 1 aromatic rings. The van der Waals surface area contributed by atoms with Gasteiger partial charge in [0.05, 0.1) is 12.9 Å². The van der Waals surface area contributed by atoms with Gasteiger partial charge in [-0.25, -0.2) is 14.6 Å². The van der Waals surface area contributed by atoms with E-state index < -0.39 is 24.1 Å². The molecule has 1 heterocycles. The standard InChI is InChI=1S/C20H35N3O3.C3H6O3/c1-3-5-6-7-8-9-10-11-12-13-19(24)23-18(20(25)26-4-2)14-17-15-21-16-22-17;1-2(4)3(5)6/h15-16,18H,3-14H2,1-2H3,(H,21,22)(H,23,24);2,4H,1H3,(H,5,6)/t18-;/m0./s1. The van der Waals surface area contributed by atoms with Crippen LogP contribution in [0.1, 0.15) is 90.7 Å². The highest BCUT2D eigenvalue weighted by Crippen LogP contribution is 2.10. The van der Waals surface area contributed by atoms with Crippen LogP contribution in [0.4, 0.5) is 0 Å². The molecule has 9 nitrogen and oxygen atoms in total. The number of aliphatic hydroxyl groups is 1. The summed E-state index contributed by atoms with van der Waals surface area (Å²) in [6, 6.07) is -0.665. The average molecular weight is 456 g/mol. The predicted molar refractivity (Wildman–Crippen MR) is 122 cm³/mol. The largest absolute Gasteiger partial charge is 0.479 e. The van der Waals surface area contributed by atoms with Gasteiger partial charge >= 0.3 is 11.9 Å². The van der Waals surface area contributed by atoms with Gasteiger partial charge in [-0.15, -0.1) is 0 Å². The number of rotatable bonds is 16. The van der Waals surface area contributed by atoms with Crippen LogP contribution in [-0.4, -0.2) is 56.8 Å². The number of carboxylic acids is 1. The molecule has 0 bridgehead atoms. The quantitative estimate of drug-likeness (QED) is 0.221. The van der Waals surface area contributed by atoms with Crippen molar-refractivity contribution in [2.75, 3.05) is 6.61 Å². The van der Waals surface area contributed by atoms with Gasteiger partial charge in [0.2, 0.25) is 5.91 Å². The summed E-state index contributed by atoms with van der Waals surface area (Å²) in [5.74, 6) is -1.68. The van der Waals surface area contributed by atoms with E-state index in [1.807, 2.05) is 0 Å². The Morgan fingerprint density at radius 1 is 1.06 bits per heavy atom. The van der Waals surface area contributed by atoms with Gasteiger partial charge in [0, 0.05) is 24.7 Å². The van der Waals surface area contributed by atoms with E-state index in [2.05, 4.69) is 22.2 Å². The fraction of sp³-hybridized carbons (Fsp3) is 0.739. The zero-order chi connectivity index (χ0) is 24.2. The van der Waals surface area contributed by atoms with Gasteiger partial charge in [-0.05, 0) is 20.3 Å². The first-order chi connectivity index (χ1) is 15.3. The smallest absolute Gasteiger partial charge is 0.332 e. The van der Waals surface area contributed by atoms with Crippen molar-refractivity contribution in [2.24, 2.45) is 0 Å². The molecule has 0 spiro atoms. The molecule has 0 aliphatic rings. The molecule has 184 valence electrons. The van der Waals surface area contributed by atoms with Crippen molar-refractivity contribution in [3.05, 3.63) is 18.2 Å². The van der Waals surface area contributed by atoms with Crippen LogP contribution in [0.5, 0.6) is 0 Å². The van der Waals surface area contributed by atoms with Gasteiger partial charge in [0.25, 0.3) is 0 Å². The maximum absolute atomic E-state index is 12.2. The minimum absolute atomic E-state index is 0.0921. The molecule has 0 aliphatic carbocycles. The predicted octanol–water partition coefficient (Wildman–Crippen LogP) is 3.37. The number of aliphatic hydroxyl groups excluding tert-OH is 1. The maximum Gasteiger partial charge on any atom is 0.332 e. The van der Waals surface area contributed by atoms with Crippen molar-refractivity contribution < 1.29 is 29.3 Å². The zero-order valence-electron chi connectivity index (χ0n) is 19.8. The van der Waals surface area contributed by atoms with E-state index in [1.54, 1.807) is 19.4 Å². The highest BCUT2D eigenvalue weighted by Gasteiger charge is 2.22. The van der Waals surface area contributed by atoms with Crippen LogP contribution >= 0.6 is 0 Å². The van der Waals surface area contributed by atoms with E-state index in [9.17, 15) is 14.4 Å². The van der Waals surface area contributed by atoms with Crippen LogP contribution in [0.25, 0.3) is 0 Å². The van der Waals surface area contributed by atoms with Crippen molar-refractivity contribution in [1.29, 1.82) is 0 Å². The summed E-state index contributed by atoms with van der Waals surface area (Å²) < 4.78 is 5.06. The second-order valence-electron chi connectivity index (χ2n) is 7.75. The second kappa shape index (κ2) is 19.3. The molecule has 0 radical (unpaired) electrons. The average Bonchev–Trinajstić information content (AvgIpc) is 3.26. The van der Waals surface area contributed by atoms with E-state index in [-0.39, 0.29) is 5.91 Å². The van der Waals surface area contributed by atoms with Gasteiger partial charge in [-0.2, -0.15) is 0 Å². The molecule has 1 unspecified atom stereocenters. The number of unbranched alkanes of at least 4 members (excludes halogenated alkanes) is 8. The van der Waals surface area contributed by atoms with Gasteiger partial charge in [0.15, 0.2) is 0 Å². The van der Waals surface area contributed by atoms with Crippen molar-refractivity contribution in [3.63, 3.8) is 0 Å². The Morgan fingerprint density at radius 3 is 2.09 bits per heavy atom. The van der Waals surface area contributed by atoms with Crippen molar-refractivity contribution in [2.45, 2.75) is 104 Å². The summed E-state index contributed by atoms with van der Waals surface area (Å²) in [4.78, 5) is 40.6. The number of aliphatic carboxylic acids is 1. The molecule has 1 aromatic heterocycles. The van der Waals surface area contributed by atoms with E-state index >= 15 is 0 Å². The summed E-state index contributed by atoms with van der Waals surface area (Å²) in [5.41, 5.74) is 0.798. The number of nitrogens with zero attached hydrogens (tertiary/aromatic N) is 1. The van der Waals surface area contributed by atoms with Crippen LogP contribution in [0.2, 0.25) is 0 Å². The zero-order valence-corrected chi connectivity index (χ0v) is 19.8. The van der Waals surface area contributed by atoms with Crippen LogP contribution in [-0.2, 0) is 25.5 Å². The van der Waals surface area contributed by atoms with E-state index in [0.717, 1.165) is 18.5 Å². The third kappa shape index (κ3) is 16.3. The second-order valence-corrected chi connectivity index (χ2v) is 7.75. The number of esters is 1. The molecule has 9 heteroatoms. The molecular formula is C23H41N3O6. The van der Waals surface area contributed by atoms with Crippen LogP contribution in [0, 0.1) is 0 Å². The number of carboxylic acid groups (broad SMARTS) is 1. The van der Waals surface area contributed by atoms with Crippen molar-refractivity contribution in [1.82, 2.24) is 15.3 Å². The Morgan fingerprint density at radius 2 is 1.62 bits per heavy atom. The number of carbonyl (C=O) groups excluding carboxylic acids is 2. The number of amides is 1. The number of aromatic amines is 1. The number of H-pyrrole nitrogens is 1. The van der Waals surface area contributed by atoms with Gasteiger partial charge in [0.1, 0.15) is 12.1 Å². The summed E-state index contributed by atoms with van der Waals surface area (Å²) in [7, 11) is 0. The summed E-state index contributed by atoms with van der Waals surface area (Å²) in [6.07, 6.45) is 13.7. The number of carbonyl (C=O) groups is 3. The van der Waals surface area contributed by atoms with Gasteiger partial charge < -0.3 is 25.3 Å². The van der Waals surface area contributed by atoms with E-state index in [4.69, 9.17) is 14.9 Å². The molecule has 1 amide bonds. The summed E-state index contributed by atoms with van der Waals surface area (Å²) in [5, 5.41) is 18.6. The van der Waals surface area contributed by atoms with Crippen LogP contribution in [0.3, 0.4) is 0 Å². The Bertz CT molecular complexity index is 619. The summed E-state index contributed by atoms with van der Waals surface area (Å²) in [6.45, 7) is 5.48. The van der Waals surface area contributed by atoms with Crippen molar-refractivity contribution >= 4 is 17.8 Å². The lowest BCUT2D eigenvalue weighted by Crippen LogP contribution is -2.43.